The first-order chi connectivity index (χ1) is 10.6. The predicted molar refractivity (Wildman–Crippen MR) is 88.5 cm³/mol. The van der Waals surface area contributed by atoms with Gasteiger partial charge in [-0.3, -0.25) is 0 Å². The van der Waals surface area contributed by atoms with Gasteiger partial charge in [-0.1, -0.05) is 30.3 Å². The summed E-state index contributed by atoms with van der Waals surface area (Å²) < 4.78 is 1.95. The highest BCUT2D eigenvalue weighted by Gasteiger charge is 2.08. The minimum absolute atomic E-state index is 0.181. The Morgan fingerprint density at radius 1 is 1.27 bits per heavy atom. The van der Waals surface area contributed by atoms with Gasteiger partial charge in [-0.15, -0.1) is 10.2 Å². The van der Waals surface area contributed by atoms with E-state index in [0.29, 0.717) is 6.54 Å². The molecule has 6 nitrogen and oxygen atoms in total. The molecule has 0 saturated carbocycles. The molecule has 1 aromatic heterocycles. The van der Waals surface area contributed by atoms with E-state index in [9.17, 15) is 0 Å². The Bertz CT molecular complexity index is 617. The lowest BCUT2D eigenvalue weighted by Gasteiger charge is -2.18. The molecular weight excluding hydrogens is 276 g/mol. The molecule has 0 fully saturated rings. The third-order valence-electron chi connectivity index (χ3n) is 3.56. The van der Waals surface area contributed by atoms with Crippen LogP contribution in [0.25, 0.3) is 0 Å². The zero-order chi connectivity index (χ0) is 15.9. The fourth-order valence-electron chi connectivity index (χ4n) is 2.09. The summed E-state index contributed by atoms with van der Waals surface area (Å²) in [6.07, 6.45) is 0. The van der Waals surface area contributed by atoms with Gasteiger partial charge in [-0.05, 0) is 26.3 Å². The van der Waals surface area contributed by atoms with Crippen LogP contribution in [-0.4, -0.2) is 27.3 Å². The third kappa shape index (κ3) is 4.07. The zero-order valence-corrected chi connectivity index (χ0v) is 13.7. The molecule has 1 heterocycles. The highest BCUT2D eigenvalue weighted by molar-refractivity contribution is 5.80. The average molecular weight is 300 g/mol. The lowest BCUT2D eigenvalue weighted by molar-refractivity contribution is 0.681. The van der Waals surface area contributed by atoms with Crippen molar-refractivity contribution in [1.29, 1.82) is 0 Å². The Morgan fingerprint density at radius 2 is 2.00 bits per heavy atom. The van der Waals surface area contributed by atoms with Crippen LogP contribution in [0.1, 0.15) is 37.1 Å². The van der Waals surface area contributed by atoms with E-state index < -0.39 is 0 Å². The smallest absolute Gasteiger partial charge is 0.192 e. The number of nitrogens with one attached hydrogen (secondary N) is 2. The number of guanidine groups is 1. The summed E-state index contributed by atoms with van der Waals surface area (Å²) in [5.41, 5.74) is 1.22. The molecule has 0 aliphatic rings. The molecule has 118 valence electrons. The van der Waals surface area contributed by atoms with Crippen LogP contribution in [0.5, 0.6) is 0 Å². The van der Waals surface area contributed by atoms with Crippen LogP contribution in [0.15, 0.2) is 35.3 Å². The van der Waals surface area contributed by atoms with E-state index in [4.69, 9.17) is 0 Å². The monoisotopic (exact) mass is 300 g/mol. The Morgan fingerprint density at radius 3 is 2.59 bits per heavy atom. The first-order valence-corrected chi connectivity index (χ1v) is 7.56. The van der Waals surface area contributed by atoms with Crippen molar-refractivity contribution in [1.82, 2.24) is 25.4 Å². The Balaban J connectivity index is 2.05. The summed E-state index contributed by atoms with van der Waals surface area (Å²) in [6.45, 7) is 7.41. The molecule has 1 aromatic carbocycles. The number of aliphatic imine (C=N–C) groups is 1. The second-order valence-corrected chi connectivity index (χ2v) is 5.19. The van der Waals surface area contributed by atoms with Gasteiger partial charge in [-0.2, -0.15) is 0 Å². The standard InChI is InChI=1S/C16H24N6/c1-5-17-16(18-11-15-21-20-13(3)22(15)4)19-12(2)14-9-7-6-8-10-14/h6-10,12H,5,11H2,1-4H3,(H2,17,18,19). The van der Waals surface area contributed by atoms with Gasteiger partial charge in [0.1, 0.15) is 12.4 Å². The minimum Gasteiger partial charge on any atom is -0.357 e. The lowest BCUT2D eigenvalue weighted by Crippen LogP contribution is -2.38. The topological polar surface area (TPSA) is 67.1 Å². The number of hydrogen-bond acceptors (Lipinski definition) is 3. The maximum atomic E-state index is 4.59. The molecule has 2 aromatic rings. The second-order valence-electron chi connectivity index (χ2n) is 5.19. The average Bonchev–Trinajstić information content (AvgIpc) is 2.85. The van der Waals surface area contributed by atoms with Gasteiger partial charge in [0.05, 0.1) is 6.04 Å². The minimum atomic E-state index is 0.181. The number of aryl methyl sites for hydroxylation is 1. The number of aromatic nitrogens is 3. The van der Waals surface area contributed by atoms with Gasteiger partial charge >= 0.3 is 0 Å². The molecule has 0 amide bonds. The van der Waals surface area contributed by atoms with E-state index in [-0.39, 0.29) is 6.04 Å². The normalized spacial score (nSPS) is 13.0. The van der Waals surface area contributed by atoms with Crippen LogP contribution in [0.4, 0.5) is 0 Å². The molecule has 0 radical (unpaired) electrons. The van der Waals surface area contributed by atoms with E-state index in [1.54, 1.807) is 0 Å². The van der Waals surface area contributed by atoms with Crippen molar-refractivity contribution < 1.29 is 0 Å². The fraction of sp³-hybridized carbons (Fsp3) is 0.438. The fourth-order valence-corrected chi connectivity index (χ4v) is 2.09. The van der Waals surface area contributed by atoms with Crippen molar-refractivity contribution in [2.24, 2.45) is 12.0 Å². The molecule has 22 heavy (non-hydrogen) atoms. The van der Waals surface area contributed by atoms with E-state index in [0.717, 1.165) is 24.2 Å². The third-order valence-corrected chi connectivity index (χ3v) is 3.56. The SMILES string of the molecule is CCNC(=NCc1nnc(C)n1C)NC(C)c1ccccc1. The van der Waals surface area contributed by atoms with E-state index in [1.165, 1.54) is 5.56 Å². The molecule has 0 aliphatic carbocycles. The Hall–Kier alpha value is -2.37. The highest BCUT2D eigenvalue weighted by atomic mass is 15.3. The molecular formula is C16H24N6. The van der Waals surface area contributed by atoms with Gasteiger partial charge in [0.2, 0.25) is 0 Å². The molecule has 1 atom stereocenters. The van der Waals surface area contributed by atoms with Crippen molar-refractivity contribution in [2.75, 3.05) is 6.54 Å². The van der Waals surface area contributed by atoms with Crippen LogP contribution in [0, 0.1) is 6.92 Å². The van der Waals surface area contributed by atoms with Crippen molar-refractivity contribution in [3.05, 3.63) is 47.5 Å². The van der Waals surface area contributed by atoms with Gasteiger partial charge in [-0.25, -0.2) is 4.99 Å². The number of nitrogens with zero attached hydrogens (tertiary/aromatic N) is 4. The van der Waals surface area contributed by atoms with Crippen LogP contribution < -0.4 is 10.6 Å². The molecule has 0 aliphatic heterocycles. The zero-order valence-electron chi connectivity index (χ0n) is 13.7. The largest absolute Gasteiger partial charge is 0.357 e. The Kier molecular flexibility index (Phi) is 5.52. The van der Waals surface area contributed by atoms with Crippen molar-refractivity contribution in [3.63, 3.8) is 0 Å². The van der Waals surface area contributed by atoms with Crippen LogP contribution in [0.2, 0.25) is 0 Å². The van der Waals surface area contributed by atoms with Gasteiger partial charge in [0, 0.05) is 13.6 Å². The summed E-state index contributed by atoms with van der Waals surface area (Å²) in [6, 6.07) is 10.5. The van der Waals surface area contributed by atoms with Crippen molar-refractivity contribution in [3.8, 4) is 0 Å². The summed E-state index contributed by atoms with van der Waals surface area (Å²) in [4.78, 5) is 4.59. The first-order valence-electron chi connectivity index (χ1n) is 7.56. The van der Waals surface area contributed by atoms with Gasteiger partial charge in [0.15, 0.2) is 11.8 Å². The Labute approximate surface area is 131 Å². The molecule has 0 spiro atoms. The van der Waals surface area contributed by atoms with Crippen LogP contribution in [-0.2, 0) is 13.6 Å². The number of benzene rings is 1. The van der Waals surface area contributed by atoms with E-state index in [2.05, 4.69) is 51.8 Å². The maximum Gasteiger partial charge on any atom is 0.192 e. The predicted octanol–water partition coefficient (Wildman–Crippen LogP) is 1.94. The number of hydrogen-bond donors (Lipinski definition) is 2. The molecule has 0 bridgehead atoms. The van der Waals surface area contributed by atoms with Crippen molar-refractivity contribution in [2.45, 2.75) is 33.4 Å². The summed E-state index contributed by atoms with van der Waals surface area (Å²) >= 11 is 0. The quantitative estimate of drug-likeness (QED) is 0.654. The summed E-state index contributed by atoms with van der Waals surface area (Å²) in [5.74, 6) is 2.52. The highest BCUT2D eigenvalue weighted by Crippen LogP contribution is 2.10. The number of rotatable bonds is 5. The molecule has 1 unspecified atom stereocenters. The van der Waals surface area contributed by atoms with E-state index >= 15 is 0 Å². The molecule has 2 N–H and O–H groups in total. The van der Waals surface area contributed by atoms with Gasteiger partial charge < -0.3 is 15.2 Å². The van der Waals surface area contributed by atoms with Gasteiger partial charge in [0.25, 0.3) is 0 Å². The lowest BCUT2D eigenvalue weighted by atomic mass is 10.1. The second kappa shape index (κ2) is 7.59. The van der Waals surface area contributed by atoms with E-state index in [1.807, 2.05) is 36.7 Å². The summed E-state index contributed by atoms with van der Waals surface area (Å²) in [7, 11) is 1.95. The molecule has 0 saturated heterocycles. The summed E-state index contributed by atoms with van der Waals surface area (Å²) in [5, 5.41) is 14.9. The van der Waals surface area contributed by atoms with Crippen LogP contribution in [0.3, 0.4) is 0 Å². The first kappa shape index (κ1) is 16.0. The van der Waals surface area contributed by atoms with Crippen molar-refractivity contribution >= 4 is 5.96 Å². The molecule has 2 rings (SSSR count). The van der Waals surface area contributed by atoms with Crippen LogP contribution >= 0.6 is 0 Å². The molecule has 6 heteroatoms. The maximum absolute atomic E-state index is 4.59.